The fourth-order valence-corrected chi connectivity index (χ4v) is 6.16. The number of rotatable bonds is 14. The van der Waals surface area contributed by atoms with Gasteiger partial charge in [0.2, 0.25) is 0 Å². The van der Waals surface area contributed by atoms with E-state index in [0.717, 1.165) is 73.6 Å². The van der Waals surface area contributed by atoms with E-state index in [4.69, 9.17) is 0 Å². The molecule has 0 radical (unpaired) electrons. The largest absolute Gasteiger partial charge is 0.478 e. The van der Waals surface area contributed by atoms with Crippen LogP contribution in [0.3, 0.4) is 0 Å². The zero-order chi connectivity index (χ0) is 25.6. The van der Waals surface area contributed by atoms with Crippen molar-refractivity contribution in [1.29, 1.82) is 0 Å². The average Bonchev–Trinajstić information content (AvgIpc) is 3.12. The molecule has 0 aromatic heterocycles. The number of carboxylic acids is 2. The van der Waals surface area contributed by atoms with Gasteiger partial charge < -0.3 is 10.2 Å². The van der Waals surface area contributed by atoms with Gasteiger partial charge >= 0.3 is 11.9 Å². The van der Waals surface area contributed by atoms with Gasteiger partial charge in [-0.25, -0.2) is 9.59 Å². The van der Waals surface area contributed by atoms with Crippen molar-refractivity contribution < 1.29 is 19.8 Å². The fourth-order valence-electron chi connectivity index (χ4n) is 6.16. The molecule has 0 heterocycles. The molecule has 4 heteroatoms. The lowest BCUT2D eigenvalue weighted by atomic mass is 9.65. The van der Waals surface area contributed by atoms with Crippen molar-refractivity contribution in [2.24, 2.45) is 11.8 Å². The molecule has 3 rings (SSSR count). The Morgan fingerprint density at radius 1 is 0.714 bits per heavy atom. The van der Waals surface area contributed by atoms with Crippen LogP contribution in [-0.2, 0) is 5.41 Å². The van der Waals surface area contributed by atoms with E-state index in [1.54, 1.807) is 12.1 Å². The molecule has 190 valence electrons. The van der Waals surface area contributed by atoms with Gasteiger partial charge in [0, 0.05) is 5.41 Å². The SMILES string of the molecule is CCCCC(CC)CC1(CC(CC)CCCC)c2cc(C(=O)O)ccc2-c2ccc(C(=O)O)cc21. The molecular weight excluding hydrogens is 436 g/mol. The highest BCUT2D eigenvalue weighted by molar-refractivity contribution is 5.93. The first kappa shape index (κ1) is 27.0. The topological polar surface area (TPSA) is 74.6 Å². The van der Waals surface area contributed by atoms with E-state index in [9.17, 15) is 19.8 Å². The van der Waals surface area contributed by atoms with Crippen molar-refractivity contribution in [2.45, 2.75) is 97.3 Å². The van der Waals surface area contributed by atoms with Gasteiger partial charge in [-0.05, 0) is 71.2 Å². The molecule has 0 aliphatic heterocycles. The molecule has 0 spiro atoms. The second-order valence-corrected chi connectivity index (χ2v) is 10.5. The Balaban J connectivity index is 2.27. The molecule has 0 fully saturated rings. The van der Waals surface area contributed by atoms with Crippen LogP contribution in [0.4, 0.5) is 0 Å². The maximum atomic E-state index is 12.0. The Hall–Kier alpha value is -2.62. The van der Waals surface area contributed by atoms with Crippen LogP contribution in [0.25, 0.3) is 11.1 Å². The lowest BCUT2D eigenvalue weighted by Gasteiger charge is -2.39. The highest BCUT2D eigenvalue weighted by Crippen LogP contribution is 2.56. The maximum absolute atomic E-state index is 12.0. The summed E-state index contributed by atoms with van der Waals surface area (Å²) in [6.07, 6.45) is 10.9. The quantitative estimate of drug-likeness (QED) is 0.285. The number of benzene rings is 2. The van der Waals surface area contributed by atoms with Gasteiger partial charge in [-0.15, -0.1) is 0 Å². The molecule has 1 aliphatic rings. The highest BCUT2D eigenvalue weighted by atomic mass is 16.4. The van der Waals surface area contributed by atoms with Crippen LogP contribution in [0.5, 0.6) is 0 Å². The minimum atomic E-state index is -0.917. The summed E-state index contributed by atoms with van der Waals surface area (Å²) in [5.74, 6) is -0.835. The highest BCUT2D eigenvalue weighted by Gasteiger charge is 2.45. The zero-order valence-electron chi connectivity index (χ0n) is 21.9. The molecular formula is C31H42O4. The number of aromatic carboxylic acids is 2. The minimum absolute atomic E-state index is 0.308. The monoisotopic (exact) mass is 478 g/mol. The average molecular weight is 479 g/mol. The lowest BCUT2D eigenvalue weighted by Crippen LogP contribution is -2.32. The number of carboxylic acid groups (broad SMARTS) is 2. The van der Waals surface area contributed by atoms with Gasteiger partial charge in [-0.1, -0.05) is 91.2 Å². The summed E-state index contributed by atoms with van der Waals surface area (Å²) in [4.78, 5) is 24.0. The van der Waals surface area contributed by atoms with E-state index >= 15 is 0 Å². The molecule has 0 saturated carbocycles. The van der Waals surface area contributed by atoms with Gasteiger partial charge in [0.1, 0.15) is 0 Å². The minimum Gasteiger partial charge on any atom is -0.478 e. The number of hydrogen-bond donors (Lipinski definition) is 2. The van der Waals surface area contributed by atoms with E-state index in [-0.39, 0.29) is 5.41 Å². The van der Waals surface area contributed by atoms with Gasteiger partial charge in [0.25, 0.3) is 0 Å². The van der Waals surface area contributed by atoms with Crippen molar-refractivity contribution in [1.82, 2.24) is 0 Å². The Labute approximate surface area is 210 Å². The van der Waals surface area contributed by atoms with Crippen LogP contribution in [0, 0.1) is 11.8 Å². The number of hydrogen-bond acceptors (Lipinski definition) is 2. The van der Waals surface area contributed by atoms with E-state index in [1.165, 1.54) is 12.8 Å². The fraction of sp³-hybridized carbons (Fsp3) is 0.548. The molecule has 0 saturated heterocycles. The first-order valence-corrected chi connectivity index (χ1v) is 13.6. The van der Waals surface area contributed by atoms with E-state index in [0.29, 0.717) is 23.0 Å². The summed E-state index contributed by atoms with van der Waals surface area (Å²) >= 11 is 0. The summed E-state index contributed by atoms with van der Waals surface area (Å²) in [6, 6.07) is 11.0. The predicted molar refractivity (Wildman–Crippen MR) is 142 cm³/mol. The molecule has 0 amide bonds. The van der Waals surface area contributed by atoms with Crippen molar-refractivity contribution in [2.75, 3.05) is 0 Å². The van der Waals surface area contributed by atoms with Crippen molar-refractivity contribution in [3.63, 3.8) is 0 Å². The molecule has 2 unspecified atom stereocenters. The van der Waals surface area contributed by atoms with Crippen LogP contribution in [0.15, 0.2) is 36.4 Å². The summed E-state index contributed by atoms with van der Waals surface area (Å²) in [5, 5.41) is 19.7. The number of fused-ring (bicyclic) bond motifs is 3. The van der Waals surface area contributed by atoms with E-state index in [1.807, 2.05) is 24.3 Å². The van der Waals surface area contributed by atoms with Gasteiger partial charge in [-0.2, -0.15) is 0 Å². The molecule has 0 bridgehead atoms. The Morgan fingerprint density at radius 3 is 1.43 bits per heavy atom. The standard InChI is InChI=1S/C31H42O4/c1-5-9-11-21(7-3)19-31(20-22(8-4)12-10-6-2)27-17-23(29(32)33)13-15-25(27)26-16-14-24(30(34)35)18-28(26)31/h13-18,21-22H,5-12,19-20H2,1-4H3,(H,32,33)(H,34,35). The van der Waals surface area contributed by atoms with E-state index < -0.39 is 11.9 Å². The van der Waals surface area contributed by atoms with Crippen LogP contribution < -0.4 is 0 Å². The van der Waals surface area contributed by atoms with E-state index in [2.05, 4.69) is 27.7 Å². The molecule has 2 N–H and O–H groups in total. The molecule has 1 aliphatic carbocycles. The first-order valence-electron chi connectivity index (χ1n) is 13.6. The summed E-state index contributed by atoms with van der Waals surface area (Å²) < 4.78 is 0. The Kier molecular flexibility index (Phi) is 9.15. The normalized spacial score (nSPS) is 15.3. The third kappa shape index (κ3) is 5.63. The third-order valence-corrected chi connectivity index (χ3v) is 8.22. The second-order valence-electron chi connectivity index (χ2n) is 10.5. The predicted octanol–water partition coefficient (Wildman–Crippen LogP) is 8.56. The van der Waals surface area contributed by atoms with Gasteiger partial charge in [0.15, 0.2) is 0 Å². The van der Waals surface area contributed by atoms with Crippen LogP contribution >= 0.6 is 0 Å². The molecule has 2 atom stereocenters. The van der Waals surface area contributed by atoms with Crippen LogP contribution in [0.2, 0.25) is 0 Å². The van der Waals surface area contributed by atoms with Gasteiger partial charge in [-0.3, -0.25) is 0 Å². The van der Waals surface area contributed by atoms with Crippen molar-refractivity contribution in [3.8, 4) is 11.1 Å². The van der Waals surface area contributed by atoms with Crippen molar-refractivity contribution in [3.05, 3.63) is 58.7 Å². The molecule has 2 aromatic carbocycles. The molecule has 2 aromatic rings. The Bertz CT molecular complexity index is 955. The van der Waals surface area contributed by atoms with Crippen LogP contribution in [0.1, 0.15) is 124 Å². The summed E-state index contributed by atoms with van der Waals surface area (Å²) in [6.45, 7) is 8.94. The van der Waals surface area contributed by atoms with Gasteiger partial charge in [0.05, 0.1) is 11.1 Å². The first-order chi connectivity index (χ1) is 16.8. The summed E-state index contributed by atoms with van der Waals surface area (Å²) in [7, 11) is 0. The second kappa shape index (κ2) is 11.9. The lowest BCUT2D eigenvalue weighted by molar-refractivity contribution is 0.0686. The summed E-state index contributed by atoms with van der Waals surface area (Å²) in [5.41, 5.74) is 4.55. The molecule has 4 nitrogen and oxygen atoms in total. The van der Waals surface area contributed by atoms with Crippen LogP contribution in [-0.4, -0.2) is 22.2 Å². The number of unbranched alkanes of at least 4 members (excludes halogenated alkanes) is 2. The smallest absolute Gasteiger partial charge is 0.335 e. The Morgan fingerprint density at radius 2 is 1.11 bits per heavy atom. The van der Waals surface area contributed by atoms with Crippen molar-refractivity contribution >= 4 is 11.9 Å². The maximum Gasteiger partial charge on any atom is 0.335 e. The zero-order valence-corrected chi connectivity index (χ0v) is 21.9. The number of carbonyl (C=O) groups is 2. The third-order valence-electron chi connectivity index (χ3n) is 8.22. The molecule has 35 heavy (non-hydrogen) atoms.